The van der Waals surface area contributed by atoms with Crippen molar-refractivity contribution in [2.75, 3.05) is 17.7 Å². The maximum atomic E-state index is 12.9. The normalized spacial score (nSPS) is 10.5. The molecule has 0 radical (unpaired) electrons. The maximum Gasteiger partial charge on any atom is 0.265 e. The van der Waals surface area contributed by atoms with Crippen molar-refractivity contribution >= 4 is 34.2 Å². The Balaban J connectivity index is 2.03. The number of amides is 2. The van der Waals surface area contributed by atoms with Crippen molar-refractivity contribution in [3.8, 4) is 5.75 Å². The third-order valence-corrected chi connectivity index (χ3v) is 4.18. The number of ether oxygens (including phenoxy) is 1. The number of hydrogen-bond acceptors (Lipinski definition) is 5. The van der Waals surface area contributed by atoms with E-state index in [0.29, 0.717) is 34.7 Å². The Morgan fingerprint density at radius 3 is 2.64 bits per heavy atom. The number of methoxy groups -OCH3 is 1. The molecule has 0 aliphatic carbocycles. The second-order valence-corrected chi connectivity index (χ2v) is 6.07. The lowest BCUT2D eigenvalue weighted by Crippen LogP contribution is -2.29. The molecule has 144 valence electrons. The van der Waals surface area contributed by atoms with Crippen LogP contribution in [0.15, 0.2) is 47.4 Å². The van der Waals surface area contributed by atoms with Crippen LogP contribution in [-0.4, -0.2) is 28.5 Å². The predicted molar refractivity (Wildman–Crippen MR) is 107 cm³/mol. The van der Waals surface area contributed by atoms with E-state index >= 15 is 0 Å². The number of aromatic nitrogens is 2. The number of fused-ring (bicyclic) bond motifs is 1. The van der Waals surface area contributed by atoms with Gasteiger partial charge in [0.25, 0.3) is 11.5 Å². The molecular formula is C20H20N4O4. The minimum Gasteiger partial charge on any atom is -0.495 e. The van der Waals surface area contributed by atoms with Gasteiger partial charge in [0.1, 0.15) is 17.0 Å². The van der Waals surface area contributed by atoms with Crippen molar-refractivity contribution in [2.24, 2.45) is 0 Å². The first-order chi connectivity index (χ1) is 13.4. The van der Waals surface area contributed by atoms with E-state index in [1.807, 2.05) is 6.92 Å². The number of nitrogens with one attached hydrogen (secondary N) is 2. The smallest absolute Gasteiger partial charge is 0.265 e. The third-order valence-electron chi connectivity index (χ3n) is 4.18. The SMILES string of the molecule is CCn1c(=O)c(C(=O)Nc2cc(NC(C)=O)ccc2OC)cc2cccnc21. The first kappa shape index (κ1) is 19.1. The molecule has 0 aliphatic rings. The van der Waals surface area contributed by atoms with Crippen LogP contribution in [0, 0.1) is 0 Å². The summed E-state index contributed by atoms with van der Waals surface area (Å²) < 4.78 is 6.72. The van der Waals surface area contributed by atoms with Crippen molar-refractivity contribution < 1.29 is 14.3 Å². The zero-order chi connectivity index (χ0) is 20.3. The summed E-state index contributed by atoms with van der Waals surface area (Å²) >= 11 is 0. The number of carbonyl (C=O) groups excluding carboxylic acids is 2. The van der Waals surface area contributed by atoms with Crippen LogP contribution in [0.2, 0.25) is 0 Å². The fourth-order valence-corrected chi connectivity index (χ4v) is 2.94. The second kappa shape index (κ2) is 7.91. The molecular weight excluding hydrogens is 360 g/mol. The lowest BCUT2D eigenvalue weighted by Gasteiger charge is -2.13. The molecule has 8 heteroatoms. The standard InChI is InChI=1S/C20H20N4O4/c1-4-24-18-13(6-5-9-21-18)10-15(20(24)27)19(26)23-16-11-14(22-12(2)25)7-8-17(16)28-3/h5-11H,4H2,1-3H3,(H,22,25)(H,23,26). The van der Waals surface area contributed by atoms with E-state index < -0.39 is 11.5 Å². The molecule has 0 aliphatic heterocycles. The van der Waals surface area contributed by atoms with Crippen LogP contribution in [0.3, 0.4) is 0 Å². The second-order valence-electron chi connectivity index (χ2n) is 6.07. The number of anilines is 2. The summed E-state index contributed by atoms with van der Waals surface area (Å²) in [7, 11) is 1.47. The number of aryl methyl sites for hydroxylation is 1. The van der Waals surface area contributed by atoms with Gasteiger partial charge in [-0.25, -0.2) is 4.98 Å². The zero-order valence-corrected chi connectivity index (χ0v) is 15.8. The lowest BCUT2D eigenvalue weighted by molar-refractivity contribution is -0.114. The van der Waals surface area contributed by atoms with Gasteiger partial charge >= 0.3 is 0 Å². The Hall–Kier alpha value is -3.68. The third kappa shape index (κ3) is 3.71. The summed E-state index contributed by atoms with van der Waals surface area (Å²) in [6.07, 6.45) is 1.60. The fourth-order valence-electron chi connectivity index (χ4n) is 2.94. The highest BCUT2D eigenvalue weighted by molar-refractivity contribution is 6.06. The average molecular weight is 380 g/mol. The Kier molecular flexibility index (Phi) is 5.39. The van der Waals surface area contributed by atoms with E-state index in [-0.39, 0.29) is 11.5 Å². The molecule has 0 spiro atoms. The van der Waals surface area contributed by atoms with Gasteiger partial charge in [0.05, 0.1) is 12.8 Å². The molecule has 0 atom stereocenters. The number of hydrogen-bond donors (Lipinski definition) is 2. The van der Waals surface area contributed by atoms with Crippen LogP contribution < -0.4 is 20.9 Å². The molecule has 2 amide bonds. The zero-order valence-electron chi connectivity index (χ0n) is 15.8. The Bertz CT molecular complexity index is 1120. The largest absolute Gasteiger partial charge is 0.495 e. The average Bonchev–Trinajstić information content (AvgIpc) is 2.67. The van der Waals surface area contributed by atoms with Crippen LogP contribution in [-0.2, 0) is 11.3 Å². The van der Waals surface area contributed by atoms with Gasteiger partial charge in [0.2, 0.25) is 5.91 Å². The highest BCUT2D eigenvalue weighted by Gasteiger charge is 2.17. The van der Waals surface area contributed by atoms with Crippen LogP contribution in [0.4, 0.5) is 11.4 Å². The number of nitrogens with zero attached hydrogens (tertiary/aromatic N) is 2. The van der Waals surface area contributed by atoms with Gasteiger partial charge in [0.15, 0.2) is 0 Å². The minimum absolute atomic E-state index is 0.00525. The van der Waals surface area contributed by atoms with Crippen LogP contribution in [0.1, 0.15) is 24.2 Å². The molecule has 0 bridgehead atoms. The predicted octanol–water partition coefficient (Wildman–Crippen LogP) is 2.64. The summed E-state index contributed by atoms with van der Waals surface area (Å²) in [6, 6.07) is 9.91. The summed E-state index contributed by atoms with van der Waals surface area (Å²) in [6.45, 7) is 3.59. The molecule has 2 N–H and O–H groups in total. The van der Waals surface area contributed by atoms with Crippen molar-refractivity contribution in [1.29, 1.82) is 0 Å². The van der Waals surface area contributed by atoms with E-state index in [2.05, 4.69) is 15.6 Å². The first-order valence-corrected chi connectivity index (χ1v) is 8.70. The molecule has 1 aromatic carbocycles. The monoisotopic (exact) mass is 380 g/mol. The Morgan fingerprint density at radius 1 is 1.18 bits per heavy atom. The molecule has 0 fully saturated rings. The van der Waals surface area contributed by atoms with Crippen molar-refractivity contribution in [2.45, 2.75) is 20.4 Å². The van der Waals surface area contributed by atoms with Crippen LogP contribution >= 0.6 is 0 Å². The van der Waals surface area contributed by atoms with E-state index in [0.717, 1.165) is 0 Å². The number of benzene rings is 1. The number of pyridine rings is 2. The van der Waals surface area contributed by atoms with Gasteiger partial charge in [-0.2, -0.15) is 0 Å². The molecule has 2 heterocycles. The number of rotatable bonds is 5. The van der Waals surface area contributed by atoms with Gasteiger partial charge in [0, 0.05) is 30.7 Å². The first-order valence-electron chi connectivity index (χ1n) is 8.70. The molecule has 3 rings (SSSR count). The van der Waals surface area contributed by atoms with E-state index in [1.165, 1.54) is 24.7 Å². The minimum atomic E-state index is -0.573. The van der Waals surface area contributed by atoms with Gasteiger partial charge < -0.3 is 15.4 Å². The van der Waals surface area contributed by atoms with Crippen LogP contribution in [0.5, 0.6) is 5.75 Å². The van der Waals surface area contributed by atoms with Crippen molar-refractivity contribution in [3.63, 3.8) is 0 Å². The molecule has 2 aromatic heterocycles. The Morgan fingerprint density at radius 2 is 1.96 bits per heavy atom. The van der Waals surface area contributed by atoms with Gasteiger partial charge in [-0.3, -0.25) is 19.0 Å². The molecule has 0 unspecified atom stereocenters. The van der Waals surface area contributed by atoms with E-state index in [1.54, 1.807) is 36.5 Å². The summed E-state index contributed by atoms with van der Waals surface area (Å²) in [5, 5.41) is 6.03. The van der Waals surface area contributed by atoms with E-state index in [4.69, 9.17) is 4.74 Å². The lowest BCUT2D eigenvalue weighted by atomic mass is 10.1. The van der Waals surface area contributed by atoms with Gasteiger partial charge in [-0.05, 0) is 43.3 Å². The Labute approximate surface area is 161 Å². The molecule has 28 heavy (non-hydrogen) atoms. The molecule has 0 saturated heterocycles. The fraction of sp³-hybridized carbons (Fsp3) is 0.200. The molecule has 3 aromatic rings. The van der Waals surface area contributed by atoms with Gasteiger partial charge in [-0.1, -0.05) is 0 Å². The van der Waals surface area contributed by atoms with E-state index in [9.17, 15) is 14.4 Å². The summed E-state index contributed by atoms with van der Waals surface area (Å²) in [5.74, 6) is -0.410. The summed E-state index contributed by atoms with van der Waals surface area (Å²) in [4.78, 5) is 41.2. The maximum absolute atomic E-state index is 12.9. The number of carbonyl (C=O) groups is 2. The van der Waals surface area contributed by atoms with Crippen molar-refractivity contribution in [3.05, 3.63) is 58.5 Å². The summed E-state index contributed by atoms with van der Waals surface area (Å²) in [5.41, 5.74) is 0.930. The highest BCUT2D eigenvalue weighted by Crippen LogP contribution is 2.28. The molecule has 0 saturated carbocycles. The van der Waals surface area contributed by atoms with Gasteiger partial charge in [-0.15, -0.1) is 0 Å². The van der Waals surface area contributed by atoms with Crippen molar-refractivity contribution in [1.82, 2.24) is 9.55 Å². The quantitative estimate of drug-likeness (QED) is 0.708. The van der Waals surface area contributed by atoms with Crippen LogP contribution in [0.25, 0.3) is 11.0 Å². The molecule has 8 nitrogen and oxygen atoms in total. The topological polar surface area (TPSA) is 102 Å². The highest BCUT2D eigenvalue weighted by atomic mass is 16.5.